The third-order valence-electron chi connectivity index (χ3n) is 6.92. The normalized spacial score (nSPS) is 28.3. The van der Waals surface area contributed by atoms with E-state index in [1.807, 2.05) is 0 Å². The van der Waals surface area contributed by atoms with Crippen LogP contribution in [-0.2, 0) is 9.47 Å². The molecule has 0 aromatic rings. The topological polar surface area (TPSA) is 54.9 Å². The SMILES string of the molecule is CCNC(=NCC1(CCOC)CCC1)NC1CC(OCC)C12CCC2.I. The molecule has 0 aromatic heterocycles. The van der Waals surface area contributed by atoms with Gasteiger partial charge in [-0.05, 0) is 57.8 Å². The average molecular weight is 479 g/mol. The minimum absolute atomic E-state index is 0. The third kappa shape index (κ3) is 4.49. The van der Waals surface area contributed by atoms with Gasteiger partial charge in [0, 0.05) is 44.9 Å². The Balaban J connectivity index is 0.00000243. The van der Waals surface area contributed by atoms with E-state index in [-0.39, 0.29) is 24.0 Å². The lowest BCUT2D eigenvalue weighted by molar-refractivity contribution is -0.168. The van der Waals surface area contributed by atoms with Crippen LogP contribution >= 0.6 is 24.0 Å². The number of ether oxygens (including phenoxy) is 2. The monoisotopic (exact) mass is 479 g/mol. The second-order valence-electron chi connectivity index (χ2n) is 8.25. The molecule has 0 saturated heterocycles. The lowest BCUT2D eigenvalue weighted by Crippen LogP contribution is -2.68. The molecule has 3 saturated carbocycles. The molecule has 6 heteroatoms. The standard InChI is InChI=1S/C20H37N3O2.HI/c1-4-21-18(22-15-19(8-6-9-19)12-13-24-3)23-16-14-17(25-5-2)20(16)10-7-11-20;/h16-17H,4-15H2,1-3H3,(H2,21,22,23);1H. The quantitative estimate of drug-likeness (QED) is 0.301. The second-order valence-corrected chi connectivity index (χ2v) is 8.25. The van der Waals surface area contributed by atoms with Gasteiger partial charge in [0.25, 0.3) is 0 Å². The second kappa shape index (κ2) is 9.92. The van der Waals surface area contributed by atoms with Crippen LogP contribution in [0.2, 0.25) is 0 Å². The Labute approximate surface area is 176 Å². The molecule has 3 rings (SSSR count). The van der Waals surface area contributed by atoms with Crippen molar-refractivity contribution in [1.82, 2.24) is 10.6 Å². The van der Waals surface area contributed by atoms with Crippen LogP contribution in [-0.4, -0.2) is 51.5 Å². The van der Waals surface area contributed by atoms with Crippen LogP contribution in [0.15, 0.2) is 4.99 Å². The molecule has 0 bridgehead atoms. The number of methoxy groups -OCH3 is 1. The molecule has 0 aromatic carbocycles. The van der Waals surface area contributed by atoms with Crippen LogP contribution in [0.3, 0.4) is 0 Å². The highest BCUT2D eigenvalue weighted by molar-refractivity contribution is 14.0. The molecule has 0 heterocycles. The Morgan fingerprint density at radius 2 is 1.88 bits per heavy atom. The minimum atomic E-state index is 0. The summed E-state index contributed by atoms with van der Waals surface area (Å²) in [5.41, 5.74) is 0.746. The smallest absolute Gasteiger partial charge is 0.191 e. The van der Waals surface area contributed by atoms with Gasteiger partial charge in [-0.2, -0.15) is 0 Å². The predicted molar refractivity (Wildman–Crippen MR) is 117 cm³/mol. The van der Waals surface area contributed by atoms with Crippen molar-refractivity contribution >= 4 is 29.9 Å². The maximum absolute atomic E-state index is 5.98. The zero-order valence-electron chi connectivity index (χ0n) is 16.8. The summed E-state index contributed by atoms with van der Waals surface area (Å²) in [5.74, 6) is 0.998. The summed E-state index contributed by atoms with van der Waals surface area (Å²) in [7, 11) is 1.80. The van der Waals surface area contributed by atoms with Crippen molar-refractivity contribution < 1.29 is 9.47 Å². The molecule has 26 heavy (non-hydrogen) atoms. The van der Waals surface area contributed by atoms with E-state index in [2.05, 4.69) is 24.5 Å². The first-order chi connectivity index (χ1) is 12.2. The number of rotatable bonds is 9. The number of hydrogen-bond acceptors (Lipinski definition) is 3. The zero-order chi connectivity index (χ0) is 17.8. The van der Waals surface area contributed by atoms with Gasteiger partial charge in [-0.25, -0.2) is 0 Å². The molecule has 3 aliphatic carbocycles. The molecular formula is C20H38IN3O2. The summed E-state index contributed by atoms with van der Waals surface area (Å²) < 4.78 is 11.3. The van der Waals surface area contributed by atoms with E-state index in [0.29, 0.717) is 23.0 Å². The van der Waals surface area contributed by atoms with Crippen LogP contribution in [0.1, 0.15) is 65.2 Å². The van der Waals surface area contributed by atoms with Gasteiger partial charge >= 0.3 is 0 Å². The van der Waals surface area contributed by atoms with Gasteiger partial charge in [-0.15, -0.1) is 24.0 Å². The molecule has 0 radical (unpaired) electrons. The van der Waals surface area contributed by atoms with Crippen molar-refractivity contribution in [1.29, 1.82) is 0 Å². The molecule has 3 aliphatic rings. The van der Waals surface area contributed by atoms with Crippen molar-refractivity contribution in [2.45, 2.75) is 77.4 Å². The van der Waals surface area contributed by atoms with Crippen molar-refractivity contribution in [3.05, 3.63) is 0 Å². The van der Waals surface area contributed by atoms with E-state index >= 15 is 0 Å². The summed E-state index contributed by atoms with van der Waals surface area (Å²) >= 11 is 0. The summed E-state index contributed by atoms with van der Waals surface area (Å²) in [6.07, 6.45) is 10.6. The Morgan fingerprint density at radius 3 is 2.38 bits per heavy atom. The summed E-state index contributed by atoms with van der Waals surface area (Å²) in [4.78, 5) is 4.98. The van der Waals surface area contributed by atoms with Crippen LogP contribution in [0, 0.1) is 10.8 Å². The number of halogens is 1. The predicted octanol–water partition coefficient (Wildman–Crippen LogP) is 3.71. The molecule has 0 amide bonds. The molecule has 2 unspecified atom stereocenters. The largest absolute Gasteiger partial charge is 0.385 e. The van der Waals surface area contributed by atoms with E-state index in [1.54, 1.807) is 7.11 Å². The molecule has 5 nitrogen and oxygen atoms in total. The molecule has 0 aliphatic heterocycles. The fourth-order valence-corrected chi connectivity index (χ4v) is 4.86. The van der Waals surface area contributed by atoms with E-state index in [4.69, 9.17) is 14.5 Å². The van der Waals surface area contributed by atoms with E-state index in [1.165, 1.54) is 38.5 Å². The van der Waals surface area contributed by atoms with Gasteiger partial charge in [0.15, 0.2) is 5.96 Å². The van der Waals surface area contributed by atoms with Gasteiger partial charge in [0.1, 0.15) is 0 Å². The van der Waals surface area contributed by atoms with E-state index in [9.17, 15) is 0 Å². The number of aliphatic imine (C=N–C) groups is 1. The summed E-state index contributed by atoms with van der Waals surface area (Å²) in [6, 6.07) is 0.520. The van der Waals surface area contributed by atoms with Crippen molar-refractivity contribution in [2.75, 3.05) is 33.4 Å². The van der Waals surface area contributed by atoms with Gasteiger partial charge in [0.05, 0.1) is 6.10 Å². The van der Waals surface area contributed by atoms with Crippen molar-refractivity contribution in [3.8, 4) is 0 Å². The number of nitrogens with zero attached hydrogens (tertiary/aromatic N) is 1. The molecular weight excluding hydrogens is 441 g/mol. The Morgan fingerprint density at radius 1 is 1.15 bits per heavy atom. The maximum Gasteiger partial charge on any atom is 0.191 e. The fraction of sp³-hybridized carbons (Fsp3) is 0.950. The highest BCUT2D eigenvalue weighted by Crippen LogP contribution is 2.57. The number of nitrogens with one attached hydrogen (secondary N) is 2. The summed E-state index contributed by atoms with van der Waals surface area (Å²) in [6.45, 7) is 7.75. The maximum atomic E-state index is 5.98. The Kier molecular flexibility index (Phi) is 8.47. The molecule has 152 valence electrons. The first-order valence-corrected chi connectivity index (χ1v) is 10.3. The van der Waals surface area contributed by atoms with Crippen LogP contribution in [0.25, 0.3) is 0 Å². The zero-order valence-corrected chi connectivity index (χ0v) is 19.1. The number of guanidine groups is 1. The minimum Gasteiger partial charge on any atom is -0.385 e. The van der Waals surface area contributed by atoms with Crippen LogP contribution < -0.4 is 10.6 Å². The Hall–Kier alpha value is -0.0800. The summed E-state index contributed by atoms with van der Waals surface area (Å²) in [5, 5.41) is 7.20. The molecule has 1 spiro atoms. The van der Waals surface area contributed by atoms with Gasteiger partial charge in [-0.1, -0.05) is 12.8 Å². The lowest BCUT2D eigenvalue weighted by Gasteiger charge is -2.61. The van der Waals surface area contributed by atoms with Crippen molar-refractivity contribution in [2.24, 2.45) is 15.8 Å². The molecule has 3 fully saturated rings. The van der Waals surface area contributed by atoms with Gasteiger partial charge in [0.2, 0.25) is 0 Å². The average Bonchev–Trinajstić information content (AvgIpc) is 2.50. The van der Waals surface area contributed by atoms with Crippen LogP contribution in [0.4, 0.5) is 0 Å². The van der Waals surface area contributed by atoms with Crippen molar-refractivity contribution in [3.63, 3.8) is 0 Å². The first kappa shape index (κ1) is 22.2. The third-order valence-corrected chi connectivity index (χ3v) is 6.92. The fourth-order valence-electron chi connectivity index (χ4n) is 4.86. The lowest BCUT2D eigenvalue weighted by atomic mass is 9.51. The molecule has 2 N–H and O–H groups in total. The first-order valence-electron chi connectivity index (χ1n) is 10.3. The van der Waals surface area contributed by atoms with E-state index in [0.717, 1.165) is 45.1 Å². The Bertz CT molecular complexity index is 464. The number of hydrogen-bond donors (Lipinski definition) is 2. The van der Waals surface area contributed by atoms with Crippen LogP contribution in [0.5, 0.6) is 0 Å². The molecule has 2 atom stereocenters. The van der Waals surface area contributed by atoms with Gasteiger partial charge < -0.3 is 20.1 Å². The van der Waals surface area contributed by atoms with E-state index < -0.39 is 0 Å². The highest BCUT2D eigenvalue weighted by Gasteiger charge is 2.59. The highest BCUT2D eigenvalue weighted by atomic mass is 127. The van der Waals surface area contributed by atoms with Gasteiger partial charge in [-0.3, -0.25) is 4.99 Å².